The van der Waals surface area contributed by atoms with Gasteiger partial charge in [-0.15, -0.1) is 0 Å². The van der Waals surface area contributed by atoms with E-state index in [1.807, 2.05) is 4.90 Å². The summed E-state index contributed by atoms with van der Waals surface area (Å²) < 4.78 is 6.93. The zero-order valence-corrected chi connectivity index (χ0v) is 18.9. The maximum atomic E-state index is 13.0. The van der Waals surface area contributed by atoms with Gasteiger partial charge in [-0.3, -0.25) is 4.79 Å². The van der Waals surface area contributed by atoms with Crippen LogP contribution in [0.1, 0.15) is 49.4 Å². The van der Waals surface area contributed by atoms with Crippen LogP contribution >= 0.6 is 27.5 Å². The third kappa shape index (κ3) is 3.01. The number of benzene rings is 1. The van der Waals surface area contributed by atoms with E-state index < -0.39 is 0 Å². The van der Waals surface area contributed by atoms with E-state index in [0.29, 0.717) is 38.9 Å². The van der Waals surface area contributed by atoms with Crippen LogP contribution in [0.15, 0.2) is 29.0 Å². The van der Waals surface area contributed by atoms with E-state index in [0.717, 1.165) is 0 Å². The summed E-state index contributed by atoms with van der Waals surface area (Å²) in [4.78, 5) is 23.6. The molecule has 1 amide bonds. The van der Waals surface area contributed by atoms with Crippen LogP contribution in [0, 0.1) is 22.2 Å². The van der Waals surface area contributed by atoms with E-state index in [9.17, 15) is 4.79 Å². The molecule has 0 atom stereocenters. The molecule has 150 valence electrons. The molecule has 2 heterocycles. The van der Waals surface area contributed by atoms with E-state index in [-0.39, 0.29) is 28.9 Å². The normalized spacial score (nSPS) is 23.9. The number of rotatable bonds is 3. The van der Waals surface area contributed by atoms with Crippen molar-refractivity contribution in [3.05, 3.63) is 51.0 Å². The lowest BCUT2D eigenvalue weighted by Gasteiger charge is -2.65. The van der Waals surface area contributed by atoms with Crippen LogP contribution in [-0.4, -0.2) is 32.9 Å². The first kappa shape index (κ1) is 20.1. The number of carbonyl (C=O) groups is 1. The van der Waals surface area contributed by atoms with Crippen LogP contribution in [0.25, 0.3) is 0 Å². The largest absolute Gasteiger partial charge is 0.489 e. The molecule has 1 aliphatic carbocycles. The monoisotopic (exact) mass is 474 g/mol. The number of nitrogens with zero attached hydrogens (tertiary/aromatic N) is 4. The predicted molar refractivity (Wildman–Crippen MR) is 112 cm³/mol. The lowest BCUT2D eigenvalue weighted by atomic mass is 9.49. The van der Waals surface area contributed by atoms with E-state index in [1.165, 1.54) is 0 Å². The molecule has 0 bridgehead atoms. The maximum Gasteiger partial charge on any atom is 0.275 e. The van der Waals surface area contributed by atoms with Crippen molar-refractivity contribution in [3.63, 3.8) is 0 Å². The van der Waals surface area contributed by atoms with Gasteiger partial charge in [0.15, 0.2) is 5.69 Å². The molecule has 0 saturated heterocycles. The summed E-state index contributed by atoms with van der Waals surface area (Å²) in [5.41, 5.74) is 0.912. The van der Waals surface area contributed by atoms with Crippen molar-refractivity contribution in [2.45, 2.75) is 46.4 Å². The Kier molecular flexibility index (Phi) is 4.63. The highest BCUT2D eigenvalue weighted by molar-refractivity contribution is 9.10. The topological polar surface area (TPSA) is 79.1 Å². The molecule has 2 aromatic rings. The van der Waals surface area contributed by atoms with Crippen LogP contribution in [-0.2, 0) is 6.54 Å². The fourth-order valence-corrected chi connectivity index (χ4v) is 5.81. The first-order valence-electron chi connectivity index (χ1n) is 9.26. The molecule has 1 saturated carbocycles. The Morgan fingerprint density at radius 2 is 2.00 bits per heavy atom. The summed E-state index contributed by atoms with van der Waals surface area (Å²) >= 11 is 9.48. The van der Waals surface area contributed by atoms with Crippen molar-refractivity contribution in [1.82, 2.24) is 14.9 Å². The van der Waals surface area contributed by atoms with E-state index in [2.05, 4.69) is 59.7 Å². The number of carbonyl (C=O) groups excluding carboxylic acids is 1. The van der Waals surface area contributed by atoms with Gasteiger partial charge in [-0.2, -0.15) is 5.26 Å². The highest BCUT2D eigenvalue weighted by Crippen LogP contribution is 2.58. The second-order valence-corrected chi connectivity index (χ2v) is 9.94. The molecule has 0 unspecified atom stereocenters. The molecular weight excluding hydrogens is 456 g/mol. The highest BCUT2D eigenvalue weighted by Gasteiger charge is 2.67. The molecule has 1 aliphatic heterocycles. The van der Waals surface area contributed by atoms with Gasteiger partial charge in [0.1, 0.15) is 22.5 Å². The number of ether oxygens (including phenoxy) is 1. The average molecular weight is 476 g/mol. The summed E-state index contributed by atoms with van der Waals surface area (Å²) in [7, 11) is 0. The van der Waals surface area contributed by atoms with Crippen molar-refractivity contribution in [2.24, 2.45) is 10.8 Å². The van der Waals surface area contributed by atoms with Crippen LogP contribution < -0.4 is 4.74 Å². The molecule has 1 aromatic heterocycles. The fourth-order valence-electron chi connectivity index (χ4n) is 5.28. The van der Waals surface area contributed by atoms with Crippen LogP contribution in [0.4, 0.5) is 0 Å². The molecule has 0 spiro atoms. The molecule has 0 radical (unpaired) electrons. The van der Waals surface area contributed by atoms with Crippen molar-refractivity contribution in [1.29, 1.82) is 5.26 Å². The van der Waals surface area contributed by atoms with Gasteiger partial charge < -0.3 is 9.64 Å². The number of hydrogen-bond acceptors (Lipinski definition) is 5. The van der Waals surface area contributed by atoms with Gasteiger partial charge in [0.05, 0.1) is 29.0 Å². The summed E-state index contributed by atoms with van der Waals surface area (Å²) in [5, 5.41) is 9.43. The Morgan fingerprint density at radius 1 is 1.31 bits per heavy atom. The summed E-state index contributed by atoms with van der Waals surface area (Å²) in [6.07, 6.45) is 1.41. The third-order valence-electron chi connectivity index (χ3n) is 5.99. The molecule has 29 heavy (non-hydrogen) atoms. The number of hydrogen-bond donors (Lipinski definition) is 0. The van der Waals surface area contributed by atoms with Gasteiger partial charge in [0.25, 0.3) is 5.91 Å². The van der Waals surface area contributed by atoms with Crippen molar-refractivity contribution >= 4 is 33.4 Å². The second-order valence-electron chi connectivity index (χ2n) is 8.72. The Hall–Kier alpha value is -2.17. The molecule has 6 nitrogen and oxygen atoms in total. The number of aromatic nitrogens is 2. The van der Waals surface area contributed by atoms with Gasteiger partial charge >= 0.3 is 0 Å². The number of halogens is 2. The SMILES string of the molecule is CC1(C)[C@H](Oc2ccc(C#N)c(Cl)c2)C(C)(C)[C@H]1N1Cc2nc(Br)cnc2C1=O. The lowest BCUT2D eigenvalue weighted by molar-refractivity contribution is -0.199. The van der Waals surface area contributed by atoms with Crippen LogP contribution in [0.2, 0.25) is 5.02 Å². The minimum absolute atomic E-state index is 0.0453. The first-order valence-corrected chi connectivity index (χ1v) is 10.4. The molecule has 4 rings (SSSR count). The minimum atomic E-state index is -0.307. The summed E-state index contributed by atoms with van der Waals surface area (Å²) in [6.45, 7) is 8.85. The average Bonchev–Trinajstić information content (AvgIpc) is 2.94. The van der Waals surface area contributed by atoms with Crippen molar-refractivity contribution in [3.8, 4) is 11.8 Å². The number of fused-ring (bicyclic) bond motifs is 1. The highest BCUT2D eigenvalue weighted by atomic mass is 79.9. The van der Waals surface area contributed by atoms with Crippen LogP contribution in [0.5, 0.6) is 5.75 Å². The van der Waals surface area contributed by atoms with E-state index in [4.69, 9.17) is 21.6 Å². The van der Waals surface area contributed by atoms with Gasteiger partial charge in [0, 0.05) is 22.9 Å². The standard InChI is InChI=1S/C21H20BrClN4O2/c1-20(2)18(27-10-14-16(17(27)28)25-9-15(22)26-14)21(3,4)19(20)29-12-6-5-11(8-24)13(23)7-12/h5-7,9,18-19H,10H2,1-4H3/t18-,19-. The van der Waals surface area contributed by atoms with E-state index in [1.54, 1.807) is 24.4 Å². The smallest absolute Gasteiger partial charge is 0.275 e. The predicted octanol–water partition coefficient (Wildman–Crippen LogP) is 4.60. The quantitative estimate of drug-likeness (QED) is 0.648. The Balaban J connectivity index is 1.60. The molecule has 1 fully saturated rings. The lowest BCUT2D eigenvalue weighted by Crippen LogP contribution is -2.74. The van der Waals surface area contributed by atoms with Gasteiger partial charge in [0.2, 0.25) is 0 Å². The zero-order chi connectivity index (χ0) is 21.1. The van der Waals surface area contributed by atoms with E-state index >= 15 is 0 Å². The Bertz CT molecular complexity index is 1050. The first-order chi connectivity index (χ1) is 13.6. The maximum absolute atomic E-state index is 13.0. The Morgan fingerprint density at radius 3 is 2.62 bits per heavy atom. The van der Waals surface area contributed by atoms with Gasteiger partial charge in [-0.1, -0.05) is 39.3 Å². The molecule has 2 aliphatic rings. The fraction of sp³-hybridized carbons (Fsp3) is 0.429. The third-order valence-corrected chi connectivity index (χ3v) is 6.68. The van der Waals surface area contributed by atoms with Crippen molar-refractivity contribution in [2.75, 3.05) is 0 Å². The molecule has 0 N–H and O–H groups in total. The van der Waals surface area contributed by atoms with Gasteiger partial charge in [-0.05, 0) is 28.1 Å². The molecule has 8 heteroatoms. The Labute approximate surface area is 183 Å². The number of nitriles is 1. The van der Waals surface area contributed by atoms with Crippen LogP contribution in [0.3, 0.4) is 0 Å². The minimum Gasteiger partial charge on any atom is -0.489 e. The molecular formula is C21H20BrClN4O2. The number of amides is 1. The van der Waals surface area contributed by atoms with Gasteiger partial charge in [-0.25, -0.2) is 9.97 Å². The van der Waals surface area contributed by atoms with Crippen molar-refractivity contribution < 1.29 is 9.53 Å². The zero-order valence-electron chi connectivity index (χ0n) is 16.5. The second kappa shape index (κ2) is 6.68. The molecule has 1 aromatic carbocycles. The summed E-state index contributed by atoms with van der Waals surface area (Å²) in [6, 6.07) is 7.09. The summed E-state index contributed by atoms with van der Waals surface area (Å²) in [5.74, 6) is 0.521.